The Morgan fingerprint density at radius 3 is 2.74 bits per heavy atom. The van der Waals surface area contributed by atoms with Gasteiger partial charge >= 0.3 is 0 Å². The van der Waals surface area contributed by atoms with Gasteiger partial charge in [0.15, 0.2) is 0 Å². The molecule has 3 aromatic rings. The number of rotatable bonds is 4. The van der Waals surface area contributed by atoms with E-state index < -0.39 is 0 Å². The van der Waals surface area contributed by atoms with Crippen LogP contribution < -0.4 is 5.32 Å². The molecule has 0 bridgehead atoms. The van der Waals surface area contributed by atoms with Crippen LogP contribution in [0.2, 0.25) is 0 Å². The van der Waals surface area contributed by atoms with Crippen molar-refractivity contribution < 1.29 is 13.7 Å². The molecule has 8 nitrogen and oxygen atoms in total. The van der Waals surface area contributed by atoms with Gasteiger partial charge in [-0.1, -0.05) is 5.16 Å². The van der Waals surface area contributed by atoms with Gasteiger partial charge in [0.05, 0.1) is 11.6 Å². The van der Waals surface area contributed by atoms with Gasteiger partial charge < -0.3 is 9.84 Å². The van der Waals surface area contributed by atoms with Crippen molar-refractivity contribution in [1.29, 1.82) is 0 Å². The van der Waals surface area contributed by atoms with Gasteiger partial charge in [0.2, 0.25) is 11.7 Å². The number of carbonyl (C=O) groups is 1. The van der Waals surface area contributed by atoms with Crippen LogP contribution in [0.25, 0.3) is 11.4 Å². The van der Waals surface area contributed by atoms with Crippen LogP contribution in [0.1, 0.15) is 28.7 Å². The predicted molar refractivity (Wildman–Crippen MR) is 93.0 cm³/mol. The van der Waals surface area contributed by atoms with Crippen LogP contribution in [0.4, 0.5) is 4.39 Å². The largest absolute Gasteiger partial charge is 0.348 e. The van der Waals surface area contributed by atoms with E-state index in [-0.39, 0.29) is 23.8 Å². The summed E-state index contributed by atoms with van der Waals surface area (Å²) in [6.45, 7) is 0.643. The van der Waals surface area contributed by atoms with Crippen LogP contribution in [0, 0.1) is 5.82 Å². The molecular weight excluding hydrogens is 351 g/mol. The van der Waals surface area contributed by atoms with Crippen molar-refractivity contribution in [3.05, 3.63) is 60.3 Å². The Hall–Kier alpha value is -3.20. The van der Waals surface area contributed by atoms with E-state index >= 15 is 0 Å². The number of hydrogen-bond donors (Lipinski definition) is 1. The number of aromatic nitrogens is 4. The molecule has 0 spiro atoms. The molecule has 1 N–H and O–H groups in total. The molecule has 27 heavy (non-hydrogen) atoms. The van der Waals surface area contributed by atoms with Gasteiger partial charge in [0, 0.05) is 30.5 Å². The summed E-state index contributed by atoms with van der Waals surface area (Å²) < 4.78 is 18.4. The Labute approximate surface area is 154 Å². The lowest BCUT2D eigenvalue weighted by Crippen LogP contribution is -2.36. The first-order valence-corrected chi connectivity index (χ1v) is 8.46. The van der Waals surface area contributed by atoms with Crippen molar-refractivity contribution >= 4 is 5.91 Å². The third-order valence-electron chi connectivity index (χ3n) is 4.54. The molecule has 0 radical (unpaired) electrons. The van der Waals surface area contributed by atoms with Gasteiger partial charge in [-0.05, 0) is 37.7 Å². The number of likely N-dealkylation sites (tertiary alicyclic amines) is 1. The molecule has 1 fully saturated rings. The van der Waals surface area contributed by atoms with Crippen LogP contribution >= 0.6 is 0 Å². The first-order valence-electron chi connectivity index (χ1n) is 8.46. The minimum absolute atomic E-state index is 0.0760. The predicted octanol–water partition coefficient (Wildman–Crippen LogP) is 1.84. The van der Waals surface area contributed by atoms with Gasteiger partial charge in [-0.25, -0.2) is 14.4 Å². The maximum Gasteiger partial charge on any atom is 0.251 e. The molecule has 2 aromatic heterocycles. The molecule has 1 saturated heterocycles. The smallest absolute Gasteiger partial charge is 0.251 e. The van der Waals surface area contributed by atoms with Gasteiger partial charge in [0.25, 0.3) is 5.91 Å². The Kier molecular flexibility index (Phi) is 4.59. The van der Waals surface area contributed by atoms with E-state index in [0.717, 1.165) is 0 Å². The second kappa shape index (κ2) is 7.20. The number of halogens is 1. The molecule has 4 rings (SSSR count). The van der Waals surface area contributed by atoms with Crippen LogP contribution in [-0.2, 0) is 0 Å². The zero-order chi connectivity index (χ0) is 18.8. The first-order chi connectivity index (χ1) is 13.1. The molecule has 0 aliphatic carbocycles. The summed E-state index contributed by atoms with van der Waals surface area (Å²) >= 11 is 0. The second-order valence-electron chi connectivity index (χ2n) is 6.45. The lowest BCUT2D eigenvalue weighted by molar-refractivity contribution is 0.0938. The SMILES string of the molecule is CN1CC(NC(=O)c2ccc(F)cc2)CC1c1nc(-c2cncnc2)no1. The average Bonchev–Trinajstić information content (AvgIpc) is 3.29. The molecule has 1 aromatic carbocycles. The minimum atomic E-state index is -0.372. The van der Waals surface area contributed by atoms with Crippen molar-refractivity contribution in [2.24, 2.45) is 0 Å². The van der Waals surface area contributed by atoms with E-state index in [1.165, 1.54) is 30.6 Å². The number of likely N-dealkylation sites (N-methyl/N-ethyl adjacent to an activating group) is 1. The van der Waals surface area contributed by atoms with Crippen LogP contribution in [0.3, 0.4) is 0 Å². The van der Waals surface area contributed by atoms with Gasteiger partial charge in [0.1, 0.15) is 12.1 Å². The highest BCUT2D eigenvalue weighted by Gasteiger charge is 2.35. The zero-order valence-electron chi connectivity index (χ0n) is 14.5. The fraction of sp³-hybridized carbons (Fsp3) is 0.278. The summed E-state index contributed by atoms with van der Waals surface area (Å²) in [6.07, 6.45) is 5.30. The zero-order valence-corrected chi connectivity index (χ0v) is 14.5. The lowest BCUT2D eigenvalue weighted by atomic mass is 10.1. The topological polar surface area (TPSA) is 97.0 Å². The number of amides is 1. The van der Waals surface area contributed by atoms with Gasteiger partial charge in [-0.3, -0.25) is 9.69 Å². The number of nitrogens with zero attached hydrogens (tertiary/aromatic N) is 5. The Morgan fingerprint density at radius 2 is 2.00 bits per heavy atom. The summed E-state index contributed by atoms with van der Waals surface area (Å²) in [7, 11) is 1.93. The van der Waals surface area contributed by atoms with Gasteiger partial charge in [-0.2, -0.15) is 4.98 Å². The summed E-state index contributed by atoms with van der Waals surface area (Å²) in [5.41, 5.74) is 1.10. The van der Waals surface area contributed by atoms with Crippen molar-refractivity contribution in [2.45, 2.75) is 18.5 Å². The maximum absolute atomic E-state index is 13.0. The van der Waals surface area contributed by atoms with E-state index in [2.05, 4.69) is 25.4 Å². The van der Waals surface area contributed by atoms with Crippen LogP contribution in [0.15, 0.2) is 47.5 Å². The van der Waals surface area contributed by atoms with Crippen molar-refractivity contribution in [2.75, 3.05) is 13.6 Å². The summed E-state index contributed by atoms with van der Waals surface area (Å²) in [4.78, 5) is 26.7. The van der Waals surface area contributed by atoms with E-state index in [4.69, 9.17) is 4.52 Å². The van der Waals surface area contributed by atoms with E-state index in [0.29, 0.717) is 35.8 Å². The Balaban J connectivity index is 1.43. The molecule has 1 amide bonds. The number of carbonyl (C=O) groups excluding carboxylic acids is 1. The fourth-order valence-electron chi connectivity index (χ4n) is 3.17. The molecule has 9 heteroatoms. The maximum atomic E-state index is 13.0. The van der Waals surface area contributed by atoms with Gasteiger partial charge in [-0.15, -0.1) is 0 Å². The second-order valence-corrected chi connectivity index (χ2v) is 6.45. The number of nitrogens with one attached hydrogen (secondary N) is 1. The third-order valence-corrected chi connectivity index (χ3v) is 4.54. The third kappa shape index (κ3) is 3.68. The standard InChI is InChI=1S/C18H17FN6O2/c1-25-9-14(22-17(26)11-2-4-13(19)5-3-11)6-15(25)18-23-16(24-27-18)12-7-20-10-21-8-12/h2-5,7-8,10,14-15H,6,9H2,1H3,(H,22,26). The molecule has 138 valence electrons. The fourth-order valence-corrected chi connectivity index (χ4v) is 3.17. The van der Waals surface area contributed by atoms with Crippen LogP contribution in [-0.4, -0.2) is 50.5 Å². The Morgan fingerprint density at radius 1 is 1.26 bits per heavy atom. The monoisotopic (exact) mass is 368 g/mol. The Bertz CT molecular complexity index is 931. The highest BCUT2D eigenvalue weighted by molar-refractivity contribution is 5.94. The number of hydrogen-bond acceptors (Lipinski definition) is 7. The molecule has 2 atom stereocenters. The number of benzene rings is 1. The van der Waals surface area contributed by atoms with E-state index in [1.807, 2.05) is 11.9 Å². The quantitative estimate of drug-likeness (QED) is 0.750. The lowest BCUT2D eigenvalue weighted by Gasteiger charge is -2.14. The van der Waals surface area contributed by atoms with Crippen molar-refractivity contribution in [3.63, 3.8) is 0 Å². The van der Waals surface area contributed by atoms with Crippen molar-refractivity contribution in [3.8, 4) is 11.4 Å². The molecule has 3 heterocycles. The first kappa shape index (κ1) is 17.2. The molecular formula is C18H17FN6O2. The van der Waals surface area contributed by atoms with E-state index in [1.54, 1.807) is 12.4 Å². The molecule has 0 saturated carbocycles. The highest BCUT2D eigenvalue weighted by Crippen LogP contribution is 2.30. The van der Waals surface area contributed by atoms with Crippen molar-refractivity contribution in [1.82, 2.24) is 30.3 Å². The summed E-state index contributed by atoms with van der Waals surface area (Å²) in [5, 5.41) is 6.96. The molecule has 2 unspecified atom stereocenters. The summed E-state index contributed by atoms with van der Waals surface area (Å²) in [5.74, 6) is 0.303. The van der Waals surface area contributed by atoms with Crippen LogP contribution in [0.5, 0.6) is 0 Å². The highest BCUT2D eigenvalue weighted by atomic mass is 19.1. The van der Waals surface area contributed by atoms with E-state index in [9.17, 15) is 9.18 Å². The minimum Gasteiger partial charge on any atom is -0.348 e. The molecule has 1 aliphatic rings. The summed E-state index contributed by atoms with van der Waals surface area (Å²) in [6, 6.07) is 5.29. The average molecular weight is 368 g/mol. The molecule has 1 aliphatic heterocycles. The normalized spacial score (nSPS) is 19.9.